The Hall–Kier alpha value is -1.56. The molecule has 18 heavy (non-hydrogen) atoms. The summed E-state index contributed by atoms with van der Waals surface area (Å²) in [6.07, 6.45) is 4.88. The molecule has 0 unspecified atom stereocenters. The summed E-state index contributed by atoms with van der Waals surface area (Å²) in [6, 6.07) is 13.5. The van der Waals surface area contributed by atoms with Crippen molar-refractivity contribution in [3.8, 4) is 0 Å². The Morgan fingerprint density at radius 3 is 1.67 bits per heavy atom. The molecule has 0 heterocycles. The van der Waals surface area contributed by atoms with E-state index in [-0.39, 0.29) is 0 Å². The lowest BCUT2D eigenvalue weighted by atomic mass is 9.97. The van der Waals surface area contributed by atoms with Crippen molar-refractivity contribution < 1.29 is 0 Å². The van der Waals surface area contributed by atoms with E-state index in [0.29, 0.717) is 0 Å². The molecule has 0 saturated carbocycles. The third-order valence-corrected chi connectivity index (χ3v) is 3.92. The summed E-state index contributed by atoms with van der Waals surface area (Å²) in [5.41, 5.74) is 6.19. The SMILES string of the molecule is CCCC1=C(CCC)c2cccc3cccc1c23. The van der Waals surface area contributed by atoms with Gasteiger partial charge in [0.1, 0.15) is 0 Å². The molecule has 0 N–H and O–H groups in total. The maximum atomic E-state index is 2.31. The maximum absolute atomic E-state index is 2.31. The molecule has 0 aromatic heterocycles. The van der Waals surface area contributed by atoms with Crippen molar-refractivity contribution in [2.24, 2.45) is 0 Å². The molecule has 0 amide bonds. The highest BCUT2D eigenvalue weighted by molar-refractivity contribution is 6.13. The summed E-state index contributed by atoms with van der Waals surface area (Å²) >= 11 is 0. The number of hydrogen-bond acceptors (Lipinski definition) is 0. The summed E-state index contributed by atoms with van der Waals surface area (Å²) < 4.78 is 0. The van der Waals surface area contributed by atoms with Crippen molar-refractivity contribution >= 4 is 21.9 Å². The Labute approximate surface area is 109 Å². The van der Waals surface area contributed by atoms with E-state index in [0.717, 1.165) is 0 Å². The molecular formula is C18H20. The minimum Gasteiger partial charge on any atom is -0.0651 e. The van der Waals surface area contributed by atoms with Gasteiger partial charge in [-0.25, -0.2) is 0 Å². The molecule has 0 aliphatic heterocycles. The first-order chi connectivity index (χ1) is 8.86. The van der Waals surface area contributed by atoms with Gasteiger partial charge in [-0.2, -0.15) is 0 Å². The molecule has 0 fully saturated rings. The van der Waals surface area contributed by atoms with Gasteiger partial charge in [-0.3, -0.25) is 0 Å². The average Bonchev–Trinajstić information content (AvgIpc) is 2.69. The van der Waals surface area contributed by atoms with Gasteiger partial charge >= 0.3 is 0 Å². The minimum absolute atomic E-state index is 1.21. The van der Waals surface area contributed by atoms with Crippen LogP contribution >= 0.6 is 0 Å². The third kappa shape index (κ3) is 1.59. The van der Waals surface area contributed by atoms with Crippen molar-refractivity contribution in [2.75, 3.05) is 0 Å². The quantitative estimate of drug-likeness (QED) is 0.642. The molecule has 2 aromatic rings. The Balaban J connectivity index is 2.28. The lowest BCUT2D eigenvalue weighted by molar-refractivity contribution is 0.950. The van der Waals surface area contributed by atoms with Gasteiger partial charge in [-0.15, -0.1) is 0 Å². The van der Waals surface area contributed by atoms with Crippen LogP contribution in [0.1, 0.15) is 50.7 Å². The molecule has 1 aliphatic rings. The second kappa shape index (κ2) is 4.61. The van der Waals surface area contributed by atoms with Gasteiger partial charge in [0.15, 0.2) is 0 Å². The van der Waals surface area contributed by atoms with E-state index in [9.17, 15) is 0 Å². The fourth-order valence-electron chi connectivity index (χ4n) is 3.24. The molecule has 0 saturated heterocycles. The van der Waals surface area contributed by atoms with E-state index in [1.807, 2.05) is 0 Å². The van der Waals surface area contributed by atoms with Crippen LogP contribution in [0.4, 0.5) is 0 Å². The van der Waals surface area contributed by atoms with Gasteiger partial charge < -0.3 is 0 Å². The number of allylic oxidation sites excluding steroid dienone is 2. The van der Waals surface area contributed by atoms with E-state index in [1.165, 1.54) is 47.6 Å². The molecule has 0 bridgehead atoms. The zero-order valence-electron chi connectivity index (χ0n) is 11.3. The Morgan fingerprint density at radius 1 is 0.722 bits per heavy atom. The molecule has 0 spiro atoms. The van der Waals surface area contributed by atoms with Crippen molar-refractivity contribution in [1.29, 1.82) is 0 Å². The summed E-state index contributed by atoms with van der Waals surface area (Å²) in [7, 11) is 0. The Morgan fingerprint density at radius 2 is 1.22 bits per heavy atom. The van der Waals surface area contributed by atoms with Gasteiger partial charge in [0.2, 0.25) is 0 Å². The number of rotatable bonds is 4. The first-order valence-electron chi connectivity index (χ1n) is 7.11. The number of hydrogen-bond donors (Lipinski definition) is 0. The van der Waals surface area contributed by atoms with Crippen molar-refractivity contribution in [1.82, 2.24) is 0 Å². The molecule has 3 rings (SSSR count). The van der Waals surface area contributed by atoms with Crippen LogP contribution in [0, 0.1) is 0 Å². The molecule has 1 aliphatic carbocycles. The van der Waals surface area contributed by atoms with Gasteiger partial charge in [0.25, 0.3) is 0 Å². The van der Waals surface area contributed by atoms with Crippen molar-refractivity contribution in [2.45, 2.75) is 39.5 Å². The molecule has 0 nitrogen and oxygen atoms in total. The van der Waals surface area contributed by atoms with Crippen LogP contribution in [0.2, 0.25) is 0 Å². The highest BCUT2D eigenvalue weighted by Gasteiger charge is 2.22. The van der Waals surface area contributed by atoms with E-state index < -0.39 is 0 Å². The molecule has 0 atom stereocenters. The van der Waals surface area contributed by atoms with Crippen LogP contribution < -0.4 is 0 Å². The van der Waals surface area contributed by atoms with E-state index in [4.69, 9.17) is 0 Å². The molecular weight excluding hydrogens is 216 g/mol. The van der Waals surface area contributed by atoms with Gasteiger partial charge in [0.05, 0.1) is 0 Å². The highest BCUT2D eigenvalue weighted by atomic mass is 14.3. The topological polar surface area (TPSA) is 0 Å². The largest absolute Gasteiger partial charge is 0.0651 e. The molecule has 0 heteroatoms. The first-order valence-corrected chi connectivity index (χ1v) is 7.11. The van der Waals surface area contributed by atoms with Crippen molar-refractivity contribution in [3.05, 3.63) is 47.5 Å². The zero-order valence-corrected chi connectivity index (χ0v) is 11.3. The van der Waals surface area contributed by atoms with Crippen LogP contribution in [0.15, 0.2) is 36.4 Å². The predicted octanol–water partition coefficient (Wildman–Crippen LogP) is 5.66. The van der Waals surface area contributed by atoms with Crippen LogP contribution in [-0.4, -0.2) is 0 Å². The summed E-state index contributed by atoms with van der Waals surface area (Å²) in [5.74, 6) is 0. The van der Waals surface area contributed by atoms with Crippen LogP contribution in [-0.2, 0) is 0 Å². The zero-order chi connectivity index (χ0) is 12.5. The normalized spacial score (nSPS) is 13.7. The third-order valence-electron chi connectivity index (χ3n) is 3.92. The summed E-state index contributed by atoms with van der Waals surface area (Å²) in [5, 5.41) is 2.89. The first kappa shape index (κ1) is 11.5. The molecule has 0 radical (unpaired) electrons. The van der Waals surface area contributed by atoms with Crippen LogP contribution in [0.3, 0.4) is 0 Å². The fraction of sp³-hybridized carbons (Fsp3) is 0.333. The van der Waals surface area contributed by atoms with Gasteiger partial charge in [-0.05, 0) is 45.9 Å². The van der Waals surface area contributed by atoms with E-state index in [1.54, 1.807) is 11.1 Å². The van der Waals surface area contributed by atoms with Gasteiger partial charge in [-0.1, -0.05) is 63.1 Å². The van der Waals surface area contributed by atoms with Crippen LogP contribution in [0.5, 0.6) is 0 Å². The Kier molecular flexibility index (Phi) is 2.95. The standard InChI is InChI=1S/C18H20/c1-3-7-14-15(8-4-2)17-12-6-10-13-9-5-11-16(14)18(13)17/h5-6,9-12H,3-4,7-8H2,1-2H3. The molecule has 92 valence electrons. The fourth-order valence-corrected chi connectivity index (χ4v) is 3.24. The van der Waals surface area contributed by atoms with Gasteiger partial charge in [0, 0.05) is 0 Å². The highest BCUT2D eigenvalue weighted by Crippen LogP contribution is 2.45. The minimum atomic E-state index is 1.21. The van der Waals surface area contributed by atoms with Crippen molar-refractivity contribution in [3.63, 3.8) is 0 Å². The predicted molar refractivity (Wildman–Crippen MR) is 80.6 cm³/mol. The second-order valence-electron chi connectivity index (χ2n) is 5.17. The maximum Gasteiger partial charge on any atom is -0.00331 e. The smallest absolute Gasteiger partial charge is 0.00331 e. The molecule has 2 aromatic carbocycles. The lowest BCUT2D eigenvalue weighted by Crippen LogP contribution is -1.84. The van der Waals surface area contributed by atoms with E-state index >= 15 is 0 Å². The summed E-state index contributed by atoms with van der Waals surface area (Å²) in [4.78, 5) is 0. The second-order valence-corrected chi connectivity index (χ2v) is 5.17. The summed E-state index contributed by atoms with van der Waals surface area (Å²) in [6.45, 7) is 4.55. The van der Waals surface area contributed by atoms with E-state index in [2.05, 4.69) is 50.2 Å². The Bertz CT molecular complexity index is 566. The average molecular weight is 236 g/mol. The lowest BCUT2D eigenvalue weighted by Gasteiger charge is -2.07. The monoisotopic (exact) mass is 236 g/mol. The van der Waals surface area contributed by atoms with Crippen LogP contribution in [0.25, 0.3) is 21.9 Å². The number of benzene rings is 2.